The second kappa shape index (κ2) is 8.81. The van der Waals surface area contributed by atoms with Crippen LogP contribution in [0.4, 0.5) is 5.69 Å². The maximum absolute atomic E-state index is 12.9. The molecule has 0 aliphatic carbocycles. The van der Waals surface area contributed by atoms with Gasteiger partial charge in [0.15, 0.2) is 0 Å². The summed E-state index contributed by atoms with van der Waals surface area (Å²) in [4.78, 5) is 16.8. The molecule has 130 valence electrons. The summed E-state index contributed by atoms with van der Waals surface area (Å²) in [7, 11) is 0. The van der Waals surface area contributed by atoms with Gasteiger partial charge in [0.2, 0.25) is 5.91 Å². The number of hydrogen-bond acceptors (Lipinski definition) is 4. The molecular formula is C19H27N3O2. The molecule has 2 rings (SSSR count). The maximum Gasteiger partial charge on any atom is 0.241 e. The molecular weight excluding hydrogens is 302 g/mol. The summed E-state index contributed by atoms with van der Waals surface area (Å²) in [6.07, 6.45) is 2.36. The molecule has 1 N–H and O–H groups in total. The molecule has 1 aliphatic rings. The zero-order valence-electron chi connectivity index (χ0n) is 14.7. The zero-order chi connectivity index (χ0) is 17.5. The van der Waals surface area contributed by atoms with E-state index in [0.29, 0.717) is 19.5 Å². The van der Waals surface area contributed by atoms with Crippen LogP contribution in [0.15, 0.2) is 18.2 Å². The first-order chi connectivity index (χ1) is 11.6. The molecule has 1 atom stereocenters. The van der Waals surface area contributed by atoms with Gasteiger partial charge in [-0.2, -0.15) is 5.26 Å². The van der Waals surface area contributed by atoms with E-state index in [1.165, 1.54) is 0 Å². The molecule has 24 heavy (non-hydrogen) atoms. The van der Waals surface area contributed by atoms with Crippen molar-refractivity contribution in [3.63, 3.8) is 0 Å². The third-order valence-electron chi connectivity index (χ3n) is 4.84. The number of aryl methyl sites for hydroxylation is 1. The molecule has 1 aromatic rings. The molecule has 0 aromatic heterocycles. The van der Waals surface area contributed by atoms with Crippen LogP contribution in [0.1, 0.15) is 30.4 Å². The fourth-order valence-electron chi connectivity index (χ4n) is 3.29. The number of nitrogens with zero attached hydrogens (tertiary/aromatic N) is 3. The second-order valence-corrected chi connectivity index (χ2v) is 6.60. The molecule has 1 amide bonds. The van der Waals surface area contributed by atoms with Gasteiger partial charge < -0.3 is 10.0 Å². The number of hydrogen-bond donors (Lipinski definition) is 1. The first kappa shape index (κ1) is 18.4. The minimum atomic E-state index is 0.0255. The van der Waals surface area contributed by atoms with Gasteiger partial charge in [-0.05, 0) is 56.3 Å². The fourth-order valence-corrected chi connectivity index (χ4v) is 3.29. The van der Waals surface area contributed by atoms with Crippen LogP contribution in [0, 0.1) is 31.1 Å². The van der Waals surface area contributed by atoms with E-state index < -0.39 is 0 Å². The summed E-state index contributed by atoms with van der Waals surface area (Å²) in [5.74, 6) is 0.289. The Labute approximate surface area is 144 Å². The zero-order valence-corrected chi connectivity index (χ0v) is 14.7. The standard InChI is InChI=1S/C19H27N3O2/c1-15-6-3-8-18(16(15)2)22(11-5-9-20)19(24)13-21-10-4-7-17(12-21)14-23/h3,6,8,17,23H,4-5,7,10-14H2,1-2H3. The summed E-state index contributed by atoms with van der Waals surface area (Å²) in [5.41, 5.74) is 3.11. The molecule has 1 aromatic carbocycles. The van der Waals surface area contributed by atoms with Crippen molar-refractivity contribution in [3.05, 3.63) is 29.3 Å². The normalized spacial score (nSPS) is 18.2. The van der Waals surface area contributed by atoms with Crippen LogP contribution < -0.4 is 4.90 Å². The van der Waals surface area contributed by atoms with E-state index in [1.807, 2.05) is 32.0 Å². The number of nitriles is 1. The number of carbonyl (C=O) groups excluding carboxylic acids is 1. The van der Waals surface area contributed by atoms with E-state index in [0.717, 1.165) is 42.7 Å². The van der Waals surface area contributed by atoms with Crippen LogP contribution in [0.5, 0.6) is 0 Å². The monoisotopic (exact) mass is 329 g/mol. The van der Waals surface area contributed by atoms with Crippen LogP contribution in [0.2, 0.25) is 0 Å². The molecule has 1 heterocycles. The highest BCUT2D eigenvalue weighted by molar-refractivity contribution is 5.95. The molecule has 1 aliphatic heterocycles. The Morgan fingerprint density at radius 2 is 2.25 bits per heavy atom. The lowest BCUT2D eigenvalue weighted by Gasteiger charge is -2.33. The van der Waals surface area contributed by atoms with Gasteiger partial charge in [0, 0.05) is 25.4 Å². The maximum atomic E-state index is 12.9. The lowest BCUT2D eigenvalue weighted by atomic mass is 9.99. The predicted octanol–water partition coefficient (Wildman–Crippen LogP) is 2.25. The second-order valence-electron chi connectivity index (χ2n) is 6.60. The first-order valence-electron chi connectivity index (χ1n) is 8.63. The van der Waals surface area contributed by atoms with Gasteiger partial charge in [-0.3, -0.25) is 9.69 Å². The van der Waals surface area contributed by atoms with Crippen molar-refractivity contribution in [2.75, 3.05) is 37.7 Å². The van der Waals surface area contributed by atoms with Gasteiger partial charge in [-0.15, -0.1) is 0 Å². The number of carbonyl (C=O) groups is 1. The summed E-state index contributed by atoms with van der Waals surface area (Å²) in [5, 5.41) is 18.3. The first-order valence-corrected chi connectivity index (χ1v) is 8.63. The van der Waals surface area contributed by atoms with E-state index >= 15 is 0 Å². The van der Waals surface area contributed by atoms with Crippen LogP contribution in [0.3, 0.4) is 0 Å². The van der Waals surface area contributed by atoms with E-state index in [4.69, 9.17) is 5.26 Å². The number of piperidine rings is 1. The van der Waals surface area contributed by atoms with E-state index in [1.54, 1.807) is 4.90 Å². The van der Waals surface area contributed by atoms with Crippen molar-refractivity contribution in [2.45, 2.75) is 33.1 Å². The molecule has 5 nitrogen and oxygen atoms in total. The van der Waals surface area contributed by atoms with E-state index in [-0.39, 0.29) is 18.4 Å². The van der Waals surface area contributed by atoms with Crippen molar-refractivity contribution in [1.82, 2.24) is 4.90 Å². The van der Waals surface area contributed by atoms with Gasteiger partial charge in [-0.1, -0.05) is 12.1 Å². The highest BCUT2D eigenvalue weighted by Gasteiger charge is 2.24. The largest absolute Gasteiger partial charge is 0.396 e. The quantitative estimate of drug-likeness (QED) is 0.869. The Hall–Kier alpha value is -1.90. The summed E-state index contributed by atoms with van der Waals surface area (Å²) in [6, 6.07) is 8.07. The van der Waals surface area contributed by atoms with Crippen LogP contribution in [-0.2, 0) is 4.79 Å². The van der Waals surface area contributed by atoms with E-state index in [2.05, 4.69) is 11.0 Å². The van der Waals surface area contributed by atoms with Crippen molar-refractivity contribution in [3.8, 4) is 6.07 Å². The van der Waals surface area contributed by atoms with Gasteiger partial charge in [-0.25, -0.2) is 0 Å². The Morgan fingerprint density at radius 3 is 2.96 bits per heavy atom. The minimum Gasteiger partial charge on any atom is -0.396 e. The highest BCUT2D eigenvalue weighted by Crippen LogP contribution is 2.24. The Morgan fingerprint density at radius 1 is 1.46 bits per heavy atom. The third-order valence-corrected chi connectivity index (χ3v) is 4.84. The molecule has 1 saturated heterocycles. The van der Waals surface area contributed by atoms with Crippen molar-refractivity contribution in [2.24, 2.45) is 5.92 Å². The van der Waals surface area contributed by atoms with Gasteiger partial charge in [0.05, 0.1) is 19.0 Å². The van der Waals surface area contributed by atoms with Crippen LogP contribution >= 0.6 is 0 Å². The predicted molar refractivity (Wildman–Crippen MR) is 94.7 cm³/mol. The smallest absolute Gasteiger partial charge is 0.241 e. The molecule has 0 spiro atoms. The molecule has 5 heteroatoms. The van der Waals surface area contributed by atoms with Gasteiger partial charge in [0.25, 0.3) is 0 Å². The van der Waals surface area contributed by atoms with Crippen molar-refractivity contribution < 1.29 is 9.90 Å². The number of benzene rings is 1. The number of rotatable bonds is 6. The molecule has 1 fully saturated rings. The molecule has 0 radical (unpaired) electrons. The Balaban J connectivity index is 2.13. The highest BCUT2D eigenvalue weighted by atomic mass is 16.3. The van der Waals surface area contributed by atoms with Gasteiger partial charge >= 0.3 is 0 Å². The lowest BCUT2D eigenvalue weighted by Crippen LogP contribution is -2.45. The Kier molecular flexibility index (Phi) is 6.77. The number of aliphatic hydroxyl groups is 1. The van der Waals surface area contributed by atoms with Crippen molar-refractivity contribution >= 4 is 11.6 Å². The van der Waals surface area contributed by atoms with Crippen LogP contribution in [0.25, 0.3) is 0 Å². The number of amides is 1. The molecule has 0 saturated carbocycles. The molecule has 0 bridgehead atoms. The fraction of sp³-hybridized carbons (Fsp3) is 0.579. The third kappa shape index (κ3) is 4.56. The minimum absolute atomic E-state index is 0.0255. The van der Waals surface area contributed by atoms with Crippen LogP contribution in [-0.4, -0.2) is 48.7 Å². The lowest BCUT2D eigenvalue weighted by molar-refractivity contribution is -0.120. The summed E-state index contributed by atoms with van der Waals surface area (Å²) >= 11 is 0. The number of likely N-dealkylation sites (tertiary alicyclic amines) is 1. The molecule has 1 unspecified atom stereocenters. The Bertz CT molecular complexity index is 609. The average Bonchev–Trinajstić information content (AvgIpc) is 2.59. The van der Waals surface area contributed by atoms with Crippen molar-refractivity contribution in [1.29, 1.82) is 5.26 Å². The van der Waals surface area contributed by atoms with Gasteiger partial charge in [0.1, 0.15) is 0 Å². The SMILES string of the molecule is Cc1cccc(N(CCC#N)C(=O)CN2CCCC(CO)C2)c1C. The average molecular weight is 329 g/mol. The number of anilines is 1. The topological polar surface area (TPSA) is 67.6 Å². The summed E-state index contributed by atoms with van der Waals surface area (Å²) in [6.45, 7) is 6.64. The van der Waals surface area contributed by atoms with E-state index in [9.17, 15) is 9.90 Å². The number of aliphatic hydroxyl groups excluding tert-OH is 1. The summed E-state index contributed by atoms with van der Waals surface area (Å²) < 4.78 is 0.